The zero-order valence-corrected chi connectivity index (χ0v) is 34.0. The summed E-state index contributed by atoms with van der Waals surface area (Å²) in [6.45, 7) is 3.66. The fourth-order valence-electron chi connectivity index (χ4n) is 5.69. The van der Waals surface area contributed by atoms with Crippen molar-refractivity contribution < 1.29 is 32.9 Å². The standard InChI is InChI=1S/C41H79N2O6P/c1-6-7-8-9-10-11-12-13-14-15-16-17-18-19-20-21-22-23-24-25-26-27-28-29-30-31-32-33-34-35-41(45)40(42-39(2)44)38-49-50(46,47)48-37-36-43(3,4)5/h26-27,30-31,34-35,40-41,45H,6-25,28-29,32-33,36-38H2,1-5H3,(H-,42,44,46,47)/b27-26+,31-30+,35-34+. The highest BCUT2D eigenvalue weighted by Crippen LogP contribution is 2.38. The molecule has 0 aliphatic rings. The van der Waals surface area contributed by atoms with E-state index in [0.29, 0.717) is 11.0 Å². The first-order valence-corrected chi connectivity index (χ1v) is 21.8. The minimum Gasteiger partial charge on any atom is -0.756 e. The van der Waals surface area contributed by atoms with Gasteiger partial charge in [-0.25, -0.2) is 0 Å². The van der Waals surface area contributed by atoms with Gasteiger partial charge in [0.05, 0.1) is 39.9 Å². The zero-order valence-electron chi connectivity index (χ0n) is 33.1. The molecule has 0 aromatic heterocycles. The number of rotatable bonds is 36. The molecule has 0 fully saturated rings. The molecule has 0 saturated carbocycles. The number of quaternary nitrogens is 1. The van der Waals surface area contributed by atoms with Crippen LogP contribution in [0.5, 0.6) is 0 Å². The molecule has 0 aliphatic carbocycles. The van der Waals surface area contributed by atoms with Gasteiger partial charge in [-0.3, -0.25) is 9.36 Å². The molecule has 2 N–H and O–H groups in total. The number of carbonyl (C=O) groups excluding carboxylic acids is 1. The van der Waals surface area contributed by atoms with Crippen molar-refractivity contribution in [1.82, 2.24) is 5.32 Å². The van der Waals surface area contributed by atoms with Gasteiger partial charge in [-0.05, 0) is 38.5 Å². The number of aliphatic hydroxyl groups excluding tert-OH is 1. The van der Waals surface area contributed by atoms with Crippen LogP contribution in [0.4, 0.5) is 0 Å². The first-order chi connectivity index (χ1) is 24.0. The largest absolute Gasteiger partial charge is 0.756 e. The summed E-state index contributed by atoms with van der Waals surface area (Å²) in [7, 11) is 1.22. The minimum absolute atomic E-state index is 0.0129. The van der Waals surface area contributed by atoms with E-state index in [4.69, 9.17) is 9.05 Å². The highest BCUT2D eigenvalue weighted by molar-refractivity contribution is 7.45. The summed E-state index contributed by atoms with van der Waals surface area (Å²) < 4.78 is 22.5. The molecule has 0 aliphatic heterocycles. The Morgan fingerprint density at radius 1 is 0.680 bits per heavy atom. The second-order valence-corrected chi connectivity index (χ2v) is 16.5. The van der Waals surface area contributed by atoms with E-state index in [1.165, 1.54) is 135 Å². The van der Waals surface area contributed by atoms with Crippen molar-refractivity contribution in [3.05, 3.63) is 36.5 Å². The first-order valence-electron chi connectivity index (χ1n) is 20.3. The van der Waals surface area contributed by atoms with Crippen LogP contribution < -0.4 is 10.2 Å². The van der Waals surface area contributed by atoms with Crippen molar-refractivity contribution >= 4 is 13.7 Å². The van der Waals surface area contributed by atoms with Gasteiger partial charge in [-0.1, -0.05) is 159 Å². The molecule has 3 atom stereocenters. The molecule has 0 spiro atoms. The number of hydrogen-bond acceptors (Lipinski definition) is 6. The molecule has 8 nitrogen and oxygen atoms in total. The molecule has 50 heavy (non-hydrogen) atoms. The smallest absolute Gasteiger partial charge is 0.268 e. The first kappa shape index (κ1) is 48.7. The van der Waals surface area contributed by atoms with E-state index in [-0.39, 0.29) is 12.5 Å². The van der Waals surface area contributed by atoms with Crippen LogP contribution in [-0.4, -0.2) is 68.5 Å². The Bertz CT molecular complexity index is 917. The predicted molar refractivity (Wildman–Crippen MR) is 210 cm³/mol. The number of phosphoric ester groups is 1. The van der Waals surface area contributed by atoms with Gasteiger partial charge in [0.15, 0.2) is 0 Å². The van der Waals surface area contributed by atoms with Crippen LogP contribution >= 0.6 is 7.82 Å². The third-order valence-corrected chi connectivity index (χ3v) is 9.83. The molecule has 1 amide bonds. The maximum absolute atomic E-state index is 12.1. The van der Waals surface area contributed by atoms with Gasteiger partial charge in [0.2, 0.25) is 5.91 Å². The Balaban J connectivity index is 3.76. The average Bonchev–Trinajstić information content (AvgIpc) is 3.05. The quantitative estimate of drug-likeness (QED) is 0.0288. The van der Waals surface area contributed by atoms with Gasteiger partial charge in [-0.2, -0.15) is 0 Å². The number of phosphoric acid groups is 1. The normalized spacial score (nSPS) is 14.9. The van der Waals surface area contributed by atoms with Gasteiger partial charge in [0.1, 0.15) is 13.2 Å². The van der Waals surface area contributed by atoms with Crippen molar-refractivity contribution in [2.24, 2.45) is 0 Å². The van der Waals surface area contributed by atoms with E-state index in [9.17, 15) is 19.4 Å². The second kappa shape index (κ2) is 33.5. The number of amides is 1. The predicted octanol–water partition coefficient (Wildman–Crippen LogP) is 10.1. The third-order valence-electron chi connectivity index (χ3n) is 8.87. The summed E-state index contributed by atoms with van der Waals surface area (Å²) in [5.74, 6) is -0.389. The fourth-order valence-corrected chi connectivity index (χ4v) is 6.41. The third kappa shape index (κ3) is 36.5. The average molecular weight is 727 g/mol. The number of aliphatic hydroxyl groups is 1. The number of carbonyl (C=O) groups is 1. The monoisotopic (exact) mass is 727 g/mol. The maximum atomic E-state index is 12.1. The number of allylic oxidation sites excluding steroid dienone is 5. The molecule has 0 bridgehead atoms. The Kier molecular flexibility index (Phi) is 32.7. The Morgan fingerprint density at radius 3 is 1.50 bits per heavy atom. The Morgan fingerprint density at radius 2 is 1.08 bits per heavy atom. The molecule has 0 radical (unpaired) electrons. The van der Waals surface area contributed by atoms with E-state index in [1.54, 1.807) is 6.08 Å². The molecule has 0 saturated heterocycles. The lowest BCUT2D eigenvalue weighted by Gasteiger charge is -2.29. The van der Waals surface area contributed by atoms with Gasteiger partial charge in [0, 0.05) is 6.92 Å². The van der Waals surface area contributed by atoms with Crippen LogP contribution in [0.15, 0.2) is 36.5 Å². The number of unbranched alkanes of at least 4 members (excludes halogenated alkanes) is 21. The van der Waals surface area contributed by atoms with Crippen molar-refractivity contribution in [3.8, 4) is 0 Å². The van der Waals surface area contributed by atoms with Crippen LogP contribution in [0.2, 0.25) is 0 Å². The van der Waals surface area contributed by atoms with E-state index < -0.39 is 26.6 Å². The fraction of sp³-hybridized carbons (Fsp3) is 0.829. The number of nitrogens with one attached hydrogen (secondary N) is 1. The minimum atomic E-state index is -4.55. The lowest BCUT2D eigenvalue weighted by molar-refractivity contribution is -0.870. The van der Waals surface area contributed by atoms with Gasteiger partial charge >= 0.3 is 0 Å². The maximum Gasteiger partial charge on any atom is 0.268 e. The molecule has 3 unspecified atom stereocenters. The van der Waals surface area contributed by atoms with Gasteiger partial charge in [-0.15, -0.1) is 0 Å². The molecule has 0 aromatic carbocycles. The van der Waals surface area contributed by atoms with Crippen LogP contribution in [0.1, 0.15) is 168 Å². The second-order valence-electron chi connectivity index (χ2n) is 15.1. The Hall–Kier alpha value is -1.28. The van der Waals surface area contributed by atoms with Crippen LogP contribution in [0.3, 0.4) is 0 Å². The van der Waals surface area contributed by atoms with Crippen molar-refractivity contribution in [1.29, 1.82) is 0 Å². The number of hydrogen-bond donors (Lipinski definition) is 2. The molecule has 9 heteroatoms. The van der Waals surface area contributed by atoms with Crippen LogP contribution in [0, 0.1) is 0 Å². The van der Waals surface area contributed by atoms with E-state index in [0.717, 1.165) is 25.7 Å². The summed E-state index contributed by atoms with van der Waals surface area (Å²) in [5, 5.41) is 13.0. The SMILES string of the molecule is CCCCCCCCCCCCCCCCCCCCC/C=C/CC/C=C/CC/C=C/C(O)C(COP(=O)([O-])OCC[N+](C)(C)C)NC(C)=O. The van der Waals surface area contributed by atoms with Gasteiger partial charge < -0.3 is 28.8 Å². The number of nitrogens with zero attached hydrogens (tertiary/aromatic N) is 1. The highest BCUT2D eigenvalue weighted by atomic mass is 31.2. The molecule has 0 rings (SSSR count). The van der Waals surface area contributed by atoms with Crippen molar-refractivity contribution in [2.45, 2.75) is 180 Å². The van der Waals surface area contributed by atoms with Crippen molar-refractivity contribution in [3.63, 3.8) is 0 Å². The summed E-state index contributed by atoms with van der Waals surface area (Å²) in [6, 6.07) is -0.908. The topological polar surface area (TPSA) is 108 Å². The van der Waals surface area contributed by atoms with E-state index in [1.807, 2.05) is 27.2 Å². The Labute approximate surface area is 308 Å². The van der Waals surface area contributed by atoms with Crippen LogP contribution in [-0.2, 0) is 18.4 Å². The lowest BCUT2D eigenvalue weighted by atomic mass is 10.0. The summed E-state index contributed by atoms with van der Waals surface area (Å²) >= 11 is 0. The summed E-state index contributed by atoms with van der Waals surface area (Å²) in [6.07, 6.45) is 42.9. The summed E-state index contributed by atoms with van der Waals surface area (Å²) in [4.78, 5) is 23.7. The van der Waals surface area contributed by atoms with Crippen molar-refractivity contribution in [2.75, 3.05) is 40.9 Å². The molecule has 294 valence electrons. The van der Waals surface area contributed by atoms with Crippen LogP contribution in [0.25, 0.3) is 0 Å². The highest BCUT2D eigenvalue weighted by Gasteiger charge is 2.22. The number of likely N-dealkylation sites (N-methyl/N-ethyl adjacent to an activating group) is 1. The van der Waals surface area contributed by atoms with Gasteiger partial charge in [0.25, 0.3) is 7.82 Å². The summed E-state index contributed by atoms with van der Waals surface area (Å²) in [5.41, 5.74) is 0. The van der Waals surface area contributed by atoms with E-state index in [2.05, 4.69) is 36.5 Å². The lowest BCUT2D eigenvalue weighted by Crippen LogP contribution is -2.45. The molecule has 0 aromatic rings. The molecular weight excluding hydrogens is 647 g/mol. The molecular formula is C41H79N2O6P. The molecule has 0 heterocycles. The van der Waals surface area contributed by atoms with E-state index >= 15 is 0 Å². The zero-order chi connectivity index (χ0) is 37.2.